The zero-order valence-corrected chi connectivity index (χ0v) is 17.5. The van der Waals surface area contributed by atoms with Gasteiger partial charge in [0.1, 0.15) is 11.7 Å². The molecule has 0 amide bonds. The fourth-order valence-electron chi connectivity index (χ4n) is 2.89. The van der Waals surface area contributed by atoms with E-state index in [9.17, 15) is 15.0 Å². The van der Waals surface area contributed by atoms with Gasteiger partial charge in [0.05, 0.1) is 13.2 Å². The summed E-state index contributed by atoms with van der Waals surface area (Å²) < 4.78 is 11.8. The first-order valence-corrected chi connectivity index (χ1v) is 11.8. The van der Waals surface area contributed by atoms with Crippen LogP contribution in [0, 0.1) is 0 Å². The Labute approximate surface area is 151 Å². The number of ether oxygens (including phenoxy) is 1. The molecule has 0 radical (unpaired) electrons. The molecule has 0 spiro atoms. The van der Waals surface area contributed by atoms with E-state index in [0.29, 0.717) is 17.6 Å². The van der Waals surface area contributed by atoms with Crippen molar-refractivity contribution in [1.82, 2.24) is 0 Å². The summed E-state index contributed by atoms with van der Waals surface area (Å²) in [6.45, 7) is 14.3. The molecule has 0 bridgehead atoms. The number of allylic oxidation sites excluding steroid dienone is 1. The Morgan fingerprint density at radius 3 is 2.44 bits per heavy atom. The van der Waals surface area contributed by atoms with Gasteiger partial charge in [-0.05, 0) is 37.6 Å². The summed E-state index contributed by atoms with van der Waals surface area (Å²) in [4.78, 5) is 12.8. The molecule has 1 aliphatic heterocycles. The molecule has 0 aromatic rings. The third kappa shape index (κ3) is 3.69. The predicted molar refractivity (Wildman–Crippen MR) is 99.9 cm³/mol. The van der Waals surface area contributed by atoms with Gasteiger partial charge in [0.25, 0.3) is 0 Å². The zero-order valence-electron chi connectivity index (χ0n) is 16.5. The van der Waals surface area contributed by atoms with E-state index in [0.717, 1.165) is 5.57 Å². The lowest BCUT2D eigenvalue weighted by Crippen LogP contribution is -2.45. The van der Waals surface area contributed by atoms with Crippen molar-refractivity contribution in [3.8, 4) is 0 Å². The summed E-state index contributed by atoms with van der Waals surface area (Å²) in [5.41, 5.74) is 0.923. The van der Waals surface area contributed by atoms with Crippen LogP contribution in [0.2, 0.25) is 18.1 Å². The maximum atomic E-state index is 12.8. The van der Waals surface area contributed by atoms with Crippen LogP contribution < -0.4 is 0 Å². The number of hydrogen-bond acceptors (Lipinski definition) is 5. The van der Waals surface area contributed by atoms with Crippen LogP contribution in [0.5, 0.6) is 0 Å². The molecule has 0 saturated carbocycles. The molecule has 3 atom stereocenters. The molecule has 1 heterocycles. The molecule has 142 valence electrons. The number of fused-ring (bicyclic) bond motifs is 1. The molecule has 1 fully saturated rings. The molecule has 0 aromatic carbocycles. The van der Waals surface area contributed by atoms with E-state index in [1.165, 1.54) is 0 Å². The van der Waals surface area contributed by atoms with Crippen LogP contribution in [-0.2, 0) is 14.0 Å². The van der Waals surface area contributed by atoms with Crippen LogP contribution in [-0.4, -0.2) is 55.3 Å². The maximum absolute atomic E-state index is 12.8. The van der Waals surface area contributed by atoms with Crippen molar-refractivity contribution in [3.05, 3.63) is 22.8 Å². The van der Waals surface area contributed by atoms with Crippen molar-refractivity contribution < 1.29 is 24.2 Å². The van der Waals surface area contributed by atoms with Crippen LogP contribution >= 0.6 is 0 Å². The molecule has 6 heteroatoms. The summed E-state index contributed by atoms with van der Waals surface area (Å²) in [6.07, 6.45) is 0.815. The second kappa shape index (κ2) is 6.74. The van der Waals surface area contributed by atoms with E-state index in [1.54, 1.807) is 0 Å². The van der Waals surface area contributed by atoms with Crippen molar-refractivity contribution in [2.24, 2.45) is 0 Å². The molecule has 1 saturated heterocycles. The molecule has 2 rings (SSSR count). The smallest absolute Gasteiger partial charge is 0.193 e. The lowest BCUT2D eigenvalue weighted by atomic mass is 9.79. The van der Waals surface area contributed by atoms with E-state index in [-0.39, 0.29) is 24.0 Å². The van der Waals surface area contributed by atoms with E-state index < -0.39 is 26.1 Å². The van der Waals surface area contributed by atoms with Crippen LogP contribution in [0.15, 0.2) is 22.8 Å². The Balaban J connectivity index is 2.25. The quantitative estimate of drug-likeness (QED) is 0.428. The highest BCUT2D eigenvalue weighted by Gasteiger charge is 2.68. The van der Waals surface area contributed by atoms with Crippen molar-refractivity contribution in [2.75, 3.05) is 13.2 Å². The monoisotopic (exact) mass is 368 g/mol. The highest BCUT2D eigenvalue weighted by Crippen LogP contribution is 2.51. The van der Waals surface area contributed by atoms with Crippen molar-refractivity contribution in [2.45, 2.75) is 77.0 Å². The number of ketones is 1. The molecular weight excluding hydrogens is 336 g/mol. The molecule has 2 aliphatic rings. The minimum absolute atomic E-state index is 0.0204. The van der Waals surface area contributed by atoms with Gasteiger partial charge in [-0.2, -0.15) is 0 Å². The second-order valence-corrected chi connectivity index (χ2v) is 13.7. The molecular formula is C19H32O5Si. The van der Waals surface area contributed by atoms with E-state index >= 15 is 0 Å². The summed E-state index contributed by atoms with van der Waals surface area (Å²) in [6, 6.07) is 0. The number of hydrogen-bond donors (Lipinski definition) is 2. The van der Waals surface area contributed by atoms with E-state index in [2.05, 4.69) is 33.9 Å². The highest BCUT2D eigenvalue weighted by molar-refractivity contribution is 6.74. The third-order valence-electron chi connectivity index (χ3n) is 5.82. The molecule has 5 nitrogen and oxygen atoms in total. The number of aliphatic hydroxyl groups excluding tert-OH is 2. The standard InChI is InChI=1S/C19H32O5Si/c1-12(2)8-9-19-16(22)13(10-20)14(15(21)17(19)24-19)11-23-25(6,7)18(3,4)5/h8,16-17,20,22H,9-11H2,1-7H3/t16-,17-,19+/m0/s1. The molecule has 0 unspecified atom stereocenters. The fourth-order valence-corrected chi connectivity index (χ4v) is 3.83. The minimum Gasteiger partial charge on any atom is -0.412 e. The number of rotatable bonds is 6. The molecule has 2 N–H and O–H groups in total. The van der Waals surface area contributed by atoms with Gasteiger partial charge in [-0.1, -0.05) is 32.4 Å². The highest BCUT2D eigenvalue weighted by atomic mass is 28.4. The van der Waals surface area contributed by atoms with Crippen LogP contribution in [0.3, 0.4) is 0 Å². The Morgan fingerprint density at radius 2 is 1.96 bits per heavy atom. The number of aliphatic hydroxyl groups is 2. The normalized spacial score (nSPS) is 29.6. The second-order valence-electron chi connectivity index (χ2n) is 8.92. The van der Waals surface area contributed by atoms with Crippen molar-refractivity contribution >= 4 is 14.1 Å². The maximum Gasteiger partial charge on any atom is 0.193 e. The molecule has 25 heavy (non-hydrogen) atoms. The van der Waals surface area contributed by atoms with E-state index in [1.807, 2.05) is 19.9 Å². The van der Waals surface area contributed by atoms with Crippen molar-refractivity contribution in [3.63, 3.8) is 0 Å². The van der Waals surface area contributed by atoms with Gasteiger partial charge in [-0.3, -0.25) is 4.79 Å². The number of epoxide rings is 1. The summed E-state index contributed by atoms with van der Waals surface area (Å²) >= 11 is 0. The average molecular weight is 369 g/mol. The Bertz CT molecular complexity index is 610. The summed E-state index contributed by atoms with van der Waals surface area (Å²) in [7, 11) is -2.04. The van der Waals surface area contributed by atoms with E-state index in [4.69, 9.17) is 9.16 Å². The zero-order chi connectivity index (χ0) is 19.2. The first-order chi connectivity index (χ1) is 11.4. The largest absolute Gasteiger partial charge is 0.412 e. The lowest BCUT2D eigenvalue weighted by Gasteiger charge is -2.37. The Hall–Kier alpha value is -0.793. The molecule has 1 aliphatic carbocycles. The average Bonchev–Trinajstić information content (AvgIpc) is 3.23. The van der Waals surface area contributed by atoms with Gasteiger partial charge in [0.2, 0.25) is 0 Å². The first kappa shape index (κ1) is 20.5. The van der Waals surface area contributed by atoms with Crippen LogP contribution in [0.4, 0.5) is 0 Å². The number of carbonyl (C=O) groups is 1. The predicted octanol–water partition coefficient (Wildman–Crippen LogP) is 2.73. The van der Waals surface area contributed by atoms with Gasteiger partial charge < -0.3 is 19.4 Å². The lowest BCUT2D eigenvalue weighted by molar-refractivity contribution is -0.117. The SMILES string of the molecule is CC(C)=CC[C@]12O[C@H]1C(=O)C(CO[Si](C)(C)C(C)(C)C)=C(CO)[C@@H]2O. The number of Topliss-reactive ketones (excluding diaryl/α,β-unsaturated/α-hetero) is 1. The number of carbonyl (C=O) groups excluding carboxylic acids is 1. The van der Waals surface area contributed by atoms with Gasteiger partial charge in [0, 0.05) is 12.0 Å². The van der Waals surface area contributed by atoms with Gasteiger partial charge >= 0.3 is 0 Å². The van der Waals surface area contributed by atoms with Gasteiger partial charge in [-0.25, -0.2) is 0 Å². The Kier molecular flexibility index (Phi) is 5.53. The molecule has 0 aromatic heterocycles. The van der Waals surface area contributed by atoms with Gasteiger partial charge in [-0.15, -0.1) is 0 Å². The first-order valence-electron chi connectivity index (χ1n) is 8.87. The third-order valence-corrected chi connectivity index (χ3v) is 10.3. The minimum atomic E-state index is -2.04. The Morgan fingerprint density at radius 1 is 1.36 bits per heavy atom. The van der Waals surface area contributed by atoms with Crippen molar-refractivity contribution in [1.29, 1.82) is 0 Å². The fraction of sp³-hybridized carbons (Fsp3) is 0.737. The summed E-state index contributed by atoms with van der Waals surface area (Å²) in [5, 5.41) is 20.6. The topological polar surface area (TPSA) is 79.3 Å². The summed E-state index contributed by atoms with van der Waals surface area (Å²) in [5.74, 6) is -0.157. The van der Waals surface area contributed by atoms with Crippen LogP contribution in [0.25, 0.3) is 0 Å². The van der Waals surface area contributed by atoms with Crippen LogP contribution in [0.1, 0.15) is 41.0 Å². The van der Waals surface area contributed by atoms with Gasteiger partial charge in [0.15, 0.2) is 20.2 Å².